The minimum Gasteiger partial charge on any atom is -0.388 e. The minimum absolute atomic E-state index is 0.834. The van der Waals surface area contributed by atoms with Crippen LogP contribution in [0.5, 0.6) is 0 Å². The average Bonchev–Trinajstić information content (AvgIpc) is 2.92. The van der Waals surface area contributed by atoms with Crippen molar-refractivity contribution in [1.82, 2.24) is 9.55 Å². The van der Waals surface area contributed by atoms with Crippen LogP contribution in [0.15, 0.2) is 48.5 Å². The molecule has 0 amide bonds. The van der Waals surface area contributed by atoms with Crippen LogP contribution in [0.25, 0.3) is 11.0 Å². The highest BCUT2D eigenvalue weighted by molar-refractivity contribution is 5.76. The Hall–Kier alpha value is -2.73. The summed E-state index contributed by atoms with van der Waals surface area (Å²) in [6.45, 7) is 3.10. The van der Waals surface area contributed by atoms with Gasteiger partial charge in [0.25, 0.3) is 0 Å². The van der Waals surface area contributed by atoms with Crippen LogP contribution in [0.4, 0.5) is 5.69 Å². The predicted octanol–water partition coefficient (Wildman–Crippen LogP) is 3.89. The number of hydrogen-bond acceptors (Lipinski definition) is 2. The first-order valence-electron chi connectivity index (χ1n) is 7.57. The topological polar surface area (TPSA) is 29.9 Å². The van der Waals surface area contributed by atoms with Crippen molar-refractivity contribution in [1.29, 1.82) is 0 Å². The van der Waals surface area contributed by atoms with Crippen molar-refractivity contribution >= 4 is 16.7 Å². The second kappa shape index (κ2) is 6.36. The van der Waals surface area contributed by atoms with Gasteiger partial charge in [0.15, 0.2) is 5.82 Å². The number of rotatable bonds is 3. The lowest BCUT2D eigenvalue weighted by Crippen LogP contribution is -2.00. The number of benzene rings is 2. The number of imidazole rings is 1. The molecule has 1 heterocycles. The molecule has 3 aromatic rings. The van der Waals surface area contributed by atoms with Gasteiger partial charge in [0.2, 0.25) is 0 Å². The van der Waals surface area contributed by atoms with E-state index in [2.05, 4.69) is 39.7 Å². The van der Waals surface area contributed by atoms with Gasteiger partial charge < -0.3 is 9.88 Å². The molecule has 0 fully saturated rings. The maximum absolute atomic E-state index is 4.66. The summed E-state index contributed by atoms with van der Waals surface area (Å²) in [6.07, 6.45) is 1.06. The SMILES string of the molecule is CCCn1c(C#Cc2ccc(NC)cc2)nc2ccccc21. The Morgan fingerprint density at radius 3 is 2.55 bits per heavy atom. The van der Waals surface area contributed by atoms with Crippen LogP contribution in [0, 0.1) is 11.8 Å². The molecule has 0 bridgehead atoms. The number of anilines is 1. The van der Waals surface area contributed by atoms with Gasteiger partial charge in [-0.05, 0) is 48.7 Å². The summed E-state index contributed by atoms with van der Waals surface area (Å²) in [7, 11) is 1.91. The van der Waals surface area contributed by atoms with Crippen LogP contribution in [-0.2, 0) is 6.54 Å². The third kappa shape index (κ3) is 2.82. The third-order valence-electron chi connectivity index (χ3n) is 3.59. The van der Waals surface area contributed by atoms with E-state index in [0.717, 1.165) is 41.1 Å². The molecule has 3 nitrogen and oxygen atoms in total. The zero-order valence-corrected chi connectivity index (χ0v) is 12.9. The first-order valence-corrected chi connectivity index (χ1v) is 7.57. The van der Waals surface area contributed by atoms with Crippen LogP contribution >= 0.6 is 0 Å². The highest BCUT2D eigenvalue weighted by Gasteiger charge is 2.07. The molecule has 3 rings (SSSR count). The molecule has 3 heteroatoms. The molecule has 0 aliphatic rings. The third-order valence-corrected chi connectivity index (χ3v) is 3.59. The summed E-state index contributed by atoms with van der Waals surface area (Å²) in [6, 6.07) is 16.3. The smallest absolute Gasteiger partial charge is 0.186 e. The number of fused-ring (bicyclic) bond motifs is 1. The zero-order valence-electron chi connectivity index (χ0n) is 12.9. The lowest BCUT2D eigenvalue weighted by Gasteiger charge is -2.02. The average molecular weight is 289 g/mol. The van der Waals surface area contributed by atoms with Crippen molar-refractivity contribution in [2.45, 2.75) is 19.9 Å². The van der Waals surface area contributed by atoms with Crippen molar-refractivity contribution in [3.8, 4) is 11.8 Å². The number of hydrogen-bond donors (Lipinski definition) is 1. The number of nitrogens with one attached hydrogen (secondary N) is 1. The van der Waals surface area contributed by atoms with E-state index in [1.54, 1.807) is 0 Å². The van der Waals surface area contributed by atoms with E-state index in [9.17, 15) is 0 Å². The van der Waals surface area contributed by atoms with Crippen molar-refractivity contribution < 1.29 is 0 Å². The van der Waals surface area contributed by atoms with Crippen LogP contribution < -0.4 is 5.32 Å². The Morgan fingerprint density at radius 2 is 1.82 bits per heavy atom. The summed E-state index contributed by atoms with van der Waals surface area (Å²) < 4.78 is 2.20. The number of aryl methyl sites for hydroxylation is 1. The highest BCUT2D eigenvalue weighted by Crippen LogP contribution is 2.16. The molecule has 0 saturated heterocycles. The Morgan fingerprint density at radius 1 is 1.05 bits per heavy atom. The summed E-state index contributed by atoms with van der Waals surface area (Å²) in [5.41, 5.74) is 4.24. The van der Waals surface area contributed by atoms with Crippen LogP contribution in [0.1, 0.15) is 24.7 Å². The molecular formula is C19H19N3. The van der Waals surface area contributed by atoms with E-state index in [-0.39, 0.29) is 0 Å². The molecule has 22 heavy (non-hydrogen) atoms. The fraction of sp³-hybridized carbons (Fsp3) is 0.211. The Kier molecular flexibility index (Phi) is 4.11. The summed E-state index contributed by atoms with van der Waals surface area (Å²) in [5.74, 6) is 7.27. The van der Waals surface area contributed by atoms with Gasteiger partial charge in [0.05, 0.1) is 11.0 Å². The van der Waals surface area contributed by atoms with Crippen molar-refractivity contribution in [3.05, 3.63) is 59.9 Å². The number of aromatic nitrogens is 2. The van der Waals surface area contributed by atoms with E-state index >= 15 is 0 Å². The first-order chi connectivity index (χ1) is 10.8. The molecule has 1 aromatic heterocycles. The largest absolute Gasteiger partial charge is 0.388 e. The van der Waals surface area contributed by atoms with Crippen LogP contribution in [0.2, 0.25) is 0 Å². The standard InChI is InChI=1S/C19H19N3/c1-3-14-22-18-7-5-4-6-17(18)21-19(22)13-10-15-8-11-16(20-2)12-9-15/h4-9,11-12,20H,3,14H2,1-2H3. The molecule has 0 atom stereocenters. The van der Waals surface area contributed by atoms with E-state index in [0.29, 0.717) is 0 Å². The van der Waals surface area contributed by atoms with E-state index in [1.165, 1.54) is 0 Å². The van der Waals surface area contributed by atoms with Gasteiger partial charge >= 0.3 is 0 Å². The lowest BCUT2D eigenvalue weighted by molar-refractivity contribution is 0.689. The molecular weight excluding hydrogens is 270 g/mol. The van der Waals surface area contributed by atoms with Gasteiger partial charge in [0, 0.05) is 24.8 Å². The number of para-hydroxylation sites is 2. The molecule has 110 valence electrons. The predicted molar refractivity (Wildman–Crippen MR) is 92.0 cm³/mol. The van der Waals surface area contributed by atoms with Crippen molar-refractivity contribution in [3.63, 3.8) is 0 Å². The monoisotopic (exact) mass is 289 g/mol. The Bertz CT molecular complexity index is 832. The summed E-state index contributed by atoms with van der Waals surface area (Å²) in [5, 5.41) is 3.11. The summed E-state index contributed by atoms with van der Waals surface area (Å²) >= 11 is 0. The number of nitrogens with zero attached hydrogens (tertiary/aromatic N) is 2. The maximum atomic E-state index is 4.66. The zero-order chi connectivity index (χ0) is 15.4. The molecule has 0 spiro atoms. The second-order valence-electron chi connectivity index (χ2n) is 5.15. The molecule has 1 N–H and O–H groups in total. The molecule has 0 saturated carbocycles. The van der Waals surface area contributed by atoms with Crippen LogP contribution in [0.3, 0.4) is 0 Å². The molecule has 2 aromatic carbocycles. The van der Waals surface area contributed by atoms with Crippen molar-refractivity contribution in [2.75, 3.05) is 12.4 Å². The van der Waals surface area contributed by atoms with Gasteiger partial charge in [0.1, 0.15) is 0 Å². The van der Waals surface area contributed by atoms with Crippen molar-refractivity contribution in [2.24, 2.45) is 0 Å². The lowest BCUT2D eigenvalue weighted by atomic mass is 10.2. The van der Waals surface area contributed by atoms with Gasteiger partial charge in [-0.2, -0.15) is 0 Å². The van der Waals surface area contributed by atoms with E-state index in [1.807, 2.05) is 49.5 Å². The normalized spacial score (nSPS) is 10.3. The first kappa shape index (κ1) is 14.2. The quantitative estimate of drug-likeness (QED) is 0.741. The fourth-order valence-electron chi connectivity index (χ4n) is 2.47. The highest BCUT2D eigenvalue weighted by atomic mass is 15.1. The molecule has 0 unspecified atom stereocenters. The second-order valence-corrected chi connectivity index (χ2v) is 5.15. The van der Waals surface area contributed by atoms with E-state index < -0.39 is 0 Å². The maximum Gasteiger partial charge on any atom is 0.186 e. The minimum atomic E-state index is 0.834. The van der Waals surface area contributed by atoms with Gasteiger partial charge in [-0.15, -0.1) is 0 Å². The van der Waals surface area contributed by atoms with E-state index in [4.69, 9.17) is 0 Å². The fourth-order valence-corrected chi connectivity index (χ4v) is 2.47. The Labute approximate surface area is 131 Å². The molecule has 0 aliphatic carbocycles. The molecule has 0 aliphatic heterocycles. The van der Waals surface area contributed by atoms with Gasteiger partial charge in [-0.1, -0.05) is 25.0 Å². The van der Waals surface area contributed by atoms with Gasteiger partial charge in [-0.25, -0.2) is 4.98 Å². The Balaban J connectivity index is 1.99. The molecule has 0 radical (unpaired) electrons. The van der Waals surface area contributed by atoms with Gasteiger partial charge in [-0.3, -0.25) is 0 Å². The van der Waals surface area contributed by atoms with Crippen LogP contribution in [-0.4, -0.2) is 16.6 Å². The summed E-state index contributed by atoms with van der Waals surface area (Å²) in [4.78, 5) is 4.66.